The highest BCUT2D eigenvalue weighted by Gasteiger charge is 2.56. The second-order valence-corrected chi connectivity index (χ2v) is 12.2. The van der Waals surface area contributed by atoms with Gasteiger partial charge in [-0.05, 0) is 37.3 Å². The maximum absolute atomic E-state index is 13.9. The van der Waals surface area contributed by atoms with Crippen molar-refractivity contribution in [1.82, 2.24) is 4.98 Å². The summed E-state index contributed by atoms with van der Waals surface area (Å²) in [6.45, 7) is 1.26. The second kappa shape index (κ2) is 11.0. The van der Waals surface area contributed by atoms with E-state index in [0.29, 0.717) is 21.2 Å². The predicted octanol–water partition coefficient (Wildman–Crippen LogP) is 5.58. The van der Waals surface area contributed by atoms with E-state index >= 15 is 0 Å². The van der Waals surface area contributed by atoms with Crippen molar-refractivity contribution in [3.05, 3.63) is 104 Å². The molecule has 1 saturated heterocycles. The highest BCUT2D eigenvalue weighted by Crippen LogP contribution is 2.54. The van der Waals surface area contributed by atoms with Crippen molar-refractivity contribution in [2.24, 2.45) is 5.92 Å². The van der Waals surface area contributed by atoms with Crippen molar-refractivity contribution in [3.63, 3.8) is 0 Å². The minimum Gasteiger partial charge on any atom is -0.483 e. The SMILES string of the molecule is Cc1ccc(N2C(=O)[C@H]3[C@H](c4ccccc4OCC(=O)Nc4ccccc4C(F)(F)F)c4sc(=O)[nH]c4S[C@H]3C2=O)cc1. The molecule has 0 saturated carbocycles. The van der Waals surface area contributed by atoms with Gasteiger partial charge < -0.3 is 15.0 Å². The lowest BCUT2D eigenvalue weighted by atomic mass is 9.82. The zero-order valence-corrected chi connectivity index (χ0v) is 23.9. The number of imide groups is 1. The van der Waals surface area contributed by atoms with Crippen molar-refractivity contribution < 1.29 is 32.3 Å². The Hall–Kier alpha value is -4.36. The number of amides is 3. The Kier molecular flexibility index (Phi) is 7.38. The minimum atomic E-state index is -4.67. The van der Waals surface area contributed by atoms with Gasteiger partial charge >= 0.3 is 11.0 Å². The van der Waals surface area contributed by atoms with Gasteiger partial charge in [0.1, 0.15) is 11.0 Å². The topological polar surface area (TPSA) is 109 Å². The van der Waals surface area contributed by atoms with Crippen LogP contribution >= 0.6 is 23.1 Å². The number of alkyl halides is 3. The number of ether oxygens (including phenoxy) is 1. The fourth-order valence-electron chi connectivity index (χ4n) is 5.34. The summed E-state index contributed by atoms with van der Waals surface area (Å²) < 4.78 is 46.0. The number of hydrogen-bond acceptors (Lipinski definition) is 7. The maximum atomic E-state index is 13.9. The number of H-pyrrole nitrogens is 1. The van der Waals surface area contributed by atoms with Crippen LogP contribution < -0.4 is 19.8 Å². The third-order valence-corrected chi connectivity index (χ3v) is 9.64. The van der Waals surface area contributed by atoms with Gasteiger partial charge in [-0.3, -0.25) is 19.2 Å². The number of para-hydroxylation sites is 2. The molecule has 3 atom stereocenters. The number of halogens is 3. The zero-order valence-electron chi connectivity index (χ0n) is 22.3. The lowest BCUT2D eigenvalue weighted by molar-refractivity contribution is -0.137. The monoisotopic (exact) mass is 625 g/mol. The Morgan fingerprint density at radius 3 is 2.42 bits per heavy atom. The summed E-state index contributed by atoms with van der Waals surface area (Å²) in [4.78, 5) is 56.8. The first-order valence-electron chi connectivity index (χ1n) is 13.0. The van der Waals surface area contributed by atoms with E-state index in [1.165, 1.54) is 17.0 Å². The molecule has 2 aliphatic heterocycles. The Balaban J connectivity index is 1.32. The van der Waals surface area contributed by atoms with Crippen molar-refractivity contribution in [2.75, 3.05) is 16.8 Å². The number of nitrogens with zero attached hydrogens (tertiary/aromatic N) is 1. The molecule has 0 spiro atoms. The molecule has 1 aromatic heterocycles. The molecule has 0 bridgehead atoms. The molecular weight excluding hydrogens is 603 g/mol. The van der Waals surface area contributed by atoms with Crippen molar-refractivity contribution in [2.45, 2.75) is 29.3 Å². The first-order chi connectivity index (χ1) is 20.5. The molecule has 2 N–H and O–H groups in total. The molecule has 0 radical (unpaired) electrons. The molecular formula is C30H22F3N3O5S2. The summed E-state index contributed by atoms with van der Waals surface area (Å²) in [6.07, 6.45) is -4.67. The van der Waals surface area contributed by atoms with E-state index in [-0.39, 0.29) is 10.6 Å². The van der Waals surface area contributed by atoms with E-state index in [1.54, 1.807) is 48.5 Å². The number of carbonyl (C=O) groups is 3. The van der Waals surface area contributed by atoms with Gasteiger partial charge in [0.15, 0.2) is 6.61 Å². The molecule has 3 heterocycles. The highest BCUT2D eigenvalue weighted by atomic mass is 32.2. The lowest BCUT2D eigenvalue weighted by Crippen LogP contribution is -2.32. The summed E-state index contributed by atoms with van der Waals surface area (Å²) in [5.41, 5.74) is 0.462. The Bertz CT molecular complexity index is 1800. The average molecular weight is 626 g/mol. The van der Waals surface area contributed by atoms with Gasteiger partial charge in [0, 0.05) is 16.4 Å². The fraction of sp³-hybridized carbons (Fsp3) is 0.200. The number of anilines is 2. The molecule has 6 rings (SSSR count). The number of thiazole rings is 1. The van der Waals surface area contributed by atoms with Crippen LogP contribution in [0.15, 0.2) is 82.6 Å². The molecule has 13 heteroatoms. The summed E-state index contributed by atoms with van der Waals surface area (Å²) >= 11 is 2.06. The van der Waals surface area contributed by atoms with Crippen LogP contribution in [0.3, 0.4) is 0 Å². The maximum Gasteiger partial charge on any atom is 0.418 e. The quantitative estimate of drug-likeness (QED) is 0.271. The van der Waals surface area contributed by atoms with Gasteiger partial charge in [0.05, 0.1) is 27.9 Å². The third kappa shape index (κ3) is 5.34. The molecule has 3 aromatic carbocycles. The smallest absolute Gasteiger partial charge is 0.418 e. The molecule has 2 aliphatic rings. The lowest BCUT2D eigenvalue weighted by Gasteiger charge is -2.30. The minimum absolute atomic E-state index is 0.193. The zero-order chi connectivity index (χ0) is 30.5. The molecule has 3 amide bonds. The Labute approximate surface area is 250 Å². The molecule has 220 valence electrons. The Morgan fingerprint density at radius 2 is 1.67 bits per heavy atom. The average Bonchev–Trinajstić information content (AvgIpc) is 3.46. The summed E-state index contributed by atoms with van der Waals surface area (Å²) in [5, 5.41) is 1.90. The van der Waals surface area contributed by atoms with Gasteiger partial charge in [-0.25, -0.2) is 4.90 Å². The molecule has 8 nitrogen and oxygen atoms in total. The standard InChI is InChI=1S/C30H22F3N3O5S2/c1-15-10-12-16(13-11-15)36-27(38)23-22(24-26(35-29(40)43-24)42-25(23)28(36)39)17-6-2-5-9-20(17)41-14-21(37)34-19-8-4-3-7-18(19)30(31,32)33/h2-13,22-23,25H,14H2,1H3,(H,34,37)(H,35,40)/t22-,23-,25+/m0/s1. The molecule has 4 aromatic rings. The molecule has 43 heavy (non-hydrogen) atoms. The van der Waals surface area contributed by atoms with Crippen molar-refractivity contribution in [3.8, 4) is 5.75 Å². The van der Waals surface area contributed by atoms with E-state index < -0.39 is 58.8 Å². The number of hydrogen-bond donors (Lipinski definition) is 2. The number of fused-ring (bicyclic) bond motifs is 2. The number of aromatic nitrogens is 1. The van der Waals surface area contributed by atoms with Crippen LogP contribution in [0, 0.1) is 12.8 Å². The third-order valence-electron chi connectivity index (χ3n) is 7.24. The number of carbonyl (C=O) groups excluding carboxylic acids is 3. The molecule has 0 unspecified atom stereocenters. The van der Waals surface area contributed by atoms with Crippen LogP contribution in [0.5, 0.6) is 5.75 Å². The van der Waals surface area contributed by atoms with Crippen molar-refractivity contribution >= 4 is 52.2 Å². The summed E-state index contributed by atoms with van der Waals surface area (Å²) in [5.74, 6) is -3.12. The van der Waals surface area contributed by atoms with Gasteiger partial charge in [-0.1, -0.05) is 71.1 Å². The number of aromatic amines is 1. The fourth-order valence-corrected chi connectivity index (χ4v) is 7.84. The number of nitrogens with one attached hydrogen (secondary N) is 2. The largest absolute Gasteiger partial charge is 0.483 e. The van der Waals surface area contributed by atoms with Crippen LogP contribution in [0.2, 0.25) is 0 Å². The van der Waals surface area contributed by atoms with Crippen LogP contribution in [0.25, 0.3) is 0 Å². The van der Waals surface area contributed by atoms with Gasteiger partial charge in [0.2, 0.25) is 11.8 Å². The summed E-state index contributed by atoms with van der Waals surface area (Å²) in [6, 6.07) is 18.2. The first-order valence-corrected chi connectivity index (χ1v) is 14.7. The van der Waals surface area contributed by atoms with E-state index in [9.17, 15) is 32.3 Å². The van der Waals surface area contributed by atoms with E-state index in [4.69, 9.17) is 4.74 Å². The normalized spacial score (nSPS) is 19.6. The second-order valence-electron chi connectivity index (χ2n) is 10.0. The number of thioether (sulfide) groups is 1. The summed E-state index contributed by atoms with van der Waals surface area (Å²) in [7, 11) is 0. The Morgan fingerprint density at radius 1 is 0.977 bits per heavy atom. The van der Waals surface area contributed by atoms with E-state index in [2.05, 4.69) is 10.3 Å². The van der Waals surface area contributed by atoms with Crippen molar-refractivity contribution in [1.29, 1.82) is 0 Å². The van der Waals surface area contributed by atoms with Gasteiger partial charge in [-0.15, -0.1) is 0 Å². The van der Waals surface area contributed by atoms with Crippen LogP contribution in [-0.2, 0) is 20.6 Å². The first kappa shape index (κ1) is 28.7. The van der Waals surface area contributed by atoms with Crippen LogP contribution in [0.1, 0.15) is 27.5 Å². The number of aryl methyl sites for hydroxylation is 1. The van der Waals surface area contributed by atoms with E-state index in [1.807, 2.05) is 6.92 Å². The molecule has 1 fully saturated rings. The van der Waals surface area contributed by atoms with Gasteiger partial charge in [-0.2, -0.15) is 13.2 Å². The predicted molar refractivity (Wildman–Crippen MR) is 156 cm³/mol. The highest BCUT2D eigenvalue weighted by molar-refractivity contribution is 8.00. The van der Waals surface area contributed by atoms with Gasteiger partial charge in [0.25, 0.3) is 5.91 Å². The van der Waals surface area contributed by atoms with Crippen LogP contribution in [0.4, 0.5) is 24.5 Å². The number of rotatable bonds is 6. The number of benzene rings is 3. The van der Waals surface area contributed by atoms with E-state index in [0.717, 1.165) is 40.8 Å². The molecule has 0 aliphatic carbocycles. The van der Waals surface area contributed by atoms with Crippen LogP contribution in [-0.4, -0.2) is 34.6 Å².